The van der Waals surface area contributed by atoms with Crippen LogP contribution in [0.15, 0.2) is 30.3 Å². The fourth-order valence-corrected chi connectivity index (χ4v) is 2.95. The van der Waals surface area contributed by atoms with Crippen molar-refractivity contribution in [1.29, 1.82) is 0 Å². The molecular formula is C16H20N4O. The molecule has 21 heavy (non-hydrogen) atoms. The van der Waals surface area contributed by atoms with Crippen LogP contribution in [0.2, 0.25) is 0 Å². The van der Waals surface area contributed by atoms with Gasteiger partial charge in [-0.25, -0.2) is 10.8 Å². The quantitative estimate of drug-likeness (QED) is 0.598. The van der Waals surface area contributed by atoms with Gasteiger partial charge in [-0.2, -0.15) is 0 Å². The number of aromatic nitrogens is 1. The predicted molar refractivity (Wildman–Crippen MR) is 83.9 cm³/mol. The summed E-state index contributed by atoms with van der Waals surface area (Å²) in [5.74, 6) is 5.91. The first-order valence-electron chi connectivity index (χ1n) is 7.45. The van der Waals surface area contributed by atoms with Gasteiger partial charge in [0.25, 0.3) is 5.91 Å². The Morgan fingerprint density at radius 3 is 2.71 bits per heavy atom. The van der Waals surface area contributed by atoms with Crippen LogP contribution < -0.4 is 16.6 Å². The van der Waals surface area contributed by atoms with E-state index in [9.17, 15) is 4.79 Å². The van der Waals surface area contributed by atoms with E-state index >= 15 is 0 Å². The van der Waals surface area contributed by atoms with Gasteiger partial charge in [-0.1, -0.05) is 37.5 Å². The first kappa shape index (κ1) is 13.8. The van der Waals surface area contributed by atoms with Gasteiger partial charge in [0, 0.05) is 11.4 Å². The largest absolute Gasteiger partial charge is 0.349 e. The maximum absolute atomic E-state index is 12.6. The normalized spacial score (nSPS) is 15.9. The third-order valence-corrected chi connectivity index (χ3v) is 4.05. The number of rotatable bonds is 3. The number of nitrogen functional groups attached to an aromatic ring is 1. The molecule has 1 aromatic carbocycles. The predicted octanol–water partition coefficient (Wildman–Crippen LogP) is 2.58. The lowest BCUT2D eigenvalue weighted by Crippen LogP contribution is -2.36. The second-order valence-electron chi connectivity index (χ2n) is 5.52. The molecule has 5 heteroatoms. The highest BCUT2D eigenvalue weighted by atomic mass is 16.1. The molecule has 3 rings (SSSR count). The highest BCUT2D eigenvalue weighted by Gasteiger charge is 2.18. The maximum atomic E-state index is 12.6. The topological polar surface area (TPSA) is 80.0 Å². The average Bonchev–Trinajstić information content (AvgIpc) is 2.54. The van der Waals surface area contributed by atoms with Gasteiger partial charge in [0.05, 0.1) is 11.1 Å². The molecule has 1 saturated carbocycles. The van der Waals surface area contributed by atoms with Crippen LogP contribution in [0.5, 0.6) is 0 Å². The summed E-state index contributed by atoms with van der Waals surface area (Å²) in [4.78, 5) is 17.0. The molecule has 0 radical (unpaired) electrons. The van der Waals surface area contributed by atoms with Crippen molar-refractivity contribution >= 4 is 22.6 Å². The Balaban J connectivity index is 1.92. The number of nitrogens with one attached hydrogen (secondary N) is 2. The summed E-state index contributed by atoms with van der Waals surface area (Å²) in [5.41, 5.74) is 3.92. The van der Waals surface area contributed by atoms with E-state index in [1.165, 1.54) is 19.3 Å². The number of carbonyl (C=O) groups is 1. The molecule has 1 aromatic heterocycles. The lowest BCUT2D eigenvalue weighted by Gasteiger charge is -2.23. The van der Waals surface area contributed by atoms with Crippen molar-refractivity contribution in [3.8, 4) is 0 Å². The van der Waals surface area contributed by atoms with E-state index in [4.69, 9.17) is 5.84 Å². The van der Waals surface area contributed by atoms with Crippen LogP contribution in [0.4, 0.5) is 5.82 Å². The van der Waals surface area contributed by atoms with E-state index in [0.29, 0.717) is 11.4 Å². The smallest absolute Gasteiger partial charge is 0.252 e. The lowest BCUT2D eigenvalue weighted by atomic mass is 9.95. The van der Waals surface area contributed by atoms with E-state index in [0.717, 1.165) is 23.7 Å². The highest BCUT2D eigenvalue weighted by molar-refractivity contribution is 6.07. The SMILES string of the molecule is NNc1cc(C(=O)NC2CCCCC2)c2ccccc2n1. The van der Waals surface area contributed by atoms with Crippen LogP contribution in [0, 0.1) is 0 Å². The number of hydrogen-bond acceptors (Lipinski definition) is 4. The van der Waals surface area contributed by atoms with Crippen LogP contribution >= 0.6 is 0 Å². The second kappa shape index (κ2) is 6.10. The zero-order valence-corrected chi connectivity index (χ0v) is 11.9. The summed E-state index contributed by atoms with van der Waals surface area (Å²) in [5, 5.41) is 3.99. The Bertz CT molecular complexity index is 650. The van der Waals surface area contributed by atoms with Crippen molar-refractivity contribution in [1.82, 2.24) is 10.3 Å². The zero-order valence-electron chi connectivity index (χ0n) is 11.9. The first-order chi connectivity index (χ1) is 10.3. The molecule has 0 unspecified atom stereocenters. The number of para-hydroxylation sites is 1. The fourth-order valence-electron chi connectivity index (χ4n) is 2.95. The maximum Gasteiger partial charge on any atom is 0.252 e. The van der Waals surface area contributed by atoms with Crippen molar-refractivity contribution in [3.05, 3.63) is 35.9 Å². The van der Waals surface area contributed by atoms with Crippen LogP contribution in [0.3, 0.4) is 0 Å². The van der Waals surface area contributed by atoms with E-state index in [-0.39, 0.29) is 11.9 Å². The average molecular weight is 284 g/mol. The Labute approximate surface area is 123 Å². The summed E-state index contributed by atoms with van der Waals surface area (Å²) >= 11 is 0. The van der Waals surface area contributed by atoms with Crippen molar-refractivity contribution < 1.29 is 4.79 Å². The number of hydrogen-bond donors (Lipinski definition) is 3. The Morgan fingerprint density at radius 2 is 1.95 bits per heavy atom. The number of nitrogens with zero attached hydrogens (tertiary/aromatic N) is 1. The highest BCUT2D eigenvalue weighted by Crippen LogP contribution is 2.22. The molecule has 2 aromatic rings. The summed E-state index contributed by atoms with van der Waals surface area (Å²) in [6.07, 6.45) is 5.79. The number of pyridine rings is 1. The number of amides is 1. The molecule has 1 aliphatic rings. The van der Waals surface area contributed by atoms with Crippen LogP contribution in [-0.4, -0.2) is 16.9 Å². The van der Waals surface area contributed by atoms with Crippen LogP contribution in [0.1, 0.15) is 42.5 Å². The van der Waals surface area contributed by atoms with E-state index in [2.05, 4.69) is 15.7 Å². The number of fused-ring (bicyclic) bond motifs is 1. The van der Waals surface area contributed by atoms with E-state index in [1.807, 2.05) is 24.3 Å². The minimum atomic E-state index is -0.0444. The molecule has 110 valence electrons. The minimum absolute atomic E-state index is 0.0444. The van der Waals surface area contributed by atoms with E-state index < -0.39 is 0 Å². The zero-order chi connectivity index (χ0) is 14.7. The number of nitrogens with two attached hydrogens (primary N) is 1. The third-order valence-electron chi connectivity index (χ3n) is 4.05. The van der Waals surface area contributed by atoms with Crippen molar-refractivity contribution in [2.75, 3.05) is 5.43 Å². The van der Waals surface area contributed by atoms with Gasteiger partial charge in [0.15, 0.2) is 0 Å². The van der Waals surface area contributed by atoms with Gasteiger partial charge in [0.2, 0.25) is 0 Å². The molecule has 1 fully saturated rings. The van der Waals surface area contributed by atoms with Gasteiger partial charge < -0.3 is 10.7 Å². The first-order valence-corrected chi connectivity index (χ1v) is 7.45. The monoisotopic (exact) mass is 284 g/mol. The molecule has 0 bridgehead atoms. The number of anilines is 1. The lowest BCUT2D eigenvalue weighted by molar-refractivity contribution is 0.0929. The molecule has 1 aliphatic carbocycles. The number of benzene rings is 1. The van der Waals surface area contributed by atoms with Gasteiger partial charge >= 0.3 is 0 Å². The Hall–Kier alpha value is -2.14. The third kappa shape index (κ3) is 2.97. The molecule has 0 saturated heterocycles. The fraction of sp³-hybridized carbons (Fsp3) is 0.375. The van der Waals surface area contributed by atoms with Gasteiger partial charge in [0.1, 0.15) is 5.82 Å². The second-order valence-corrected chi connectivity index (χ2v) is 5.52. The summed E-state index contributed by atoms with van der Waals surface area (Å²) in [7, 11) is 0. The summed E-state index contributed by atoms with van der Waals surface area (Å²) in [6, 6.07) is 9.61. The van der Waals surface area contributed by atoms with Gasteiger partial charge in [-0.05, 0) is 25.0 Å². The van der Waals surface area contributed by atoms with Crippen molar-refractivity contribution in [2.24, 2.45) is 5.84 Å². The van der Waals surface area contributed by atoms with Gasteiger partial charge in [-0.3, -0.25) is 4.79 Å². The minimum Gasteiger partial charge on any atom is -0.349 e. The van der Waals surface area contributed by atoms with Crippen LogP contribution in [-0.2, 0) is 0 Å². The molecule has 1 heterocycles. The molecule has 0 atom stereocenters. The van der Waals surface area contributed by atoms with Crippen LogP contribution in [0.25, 0.3) is 10.9 Å². The van der Waals surface area contributed by atoms with Crippen molar-refractivity contribution in [2.45, 2.75) is 38.1 Å². The number of carbonyl (C=O) groups excluding carboxylic acids is 1. The number of hydrazine groups is 1. The molecule has 0 aliphatic heterocycles. The van der Waals surface area contributed by atoms with E-state index in [1.54, 1.807) is 6.07 Å². The molecule has 1 amide bonds. The molecule has 4 N–H and O–H groups in total. The van der Waals surface area contributed by atoms with Crippen molar-refractivity contribution in [3.63, 3.8) is 0 Å². The summed E-state index contributed by atoms with van der Waals surface area (Å²) < 4.78 is 0. The summed E-state index contributed by atoms with van der Waals surface area (Å²) in [6.45, 7) is 0. The standard InChI is InChI=1S/C16H20N4O/c17-20-15-10-13(12-8-4-5-9-14(12)19-15)16(21)18-11-6-2-1-3-7-11/h4-5,8-11H,1-3,6-7,17H2,(H,18,21)(H,19,20). The van der Waals surface area contributed by atoms with Gasteiger partial charge in [-0.15, -0.1) is 0 Å². The Kier molecular flexibility index (Phi) is 4.01. The Morgan fingerprint density at radius 1 is 1.19 bits per heavy atom. The molecular weight excluding hydrogens is 264 g/mol. The molecule has 0 spiro atoms. The molecule has 5 nitrogen and oxygen atoms in total.